The summed E-state index contributed by atoms with van der Waals surface area (Å²) in [6.45, 7) is 10.3. The minimum atomic E-state index is 0.808. The monoisotopic (exact) mass is 340 g/mol. The smallest absolute Gasteiger partial charge is 0.158 e. The van der Waals surface area contributed by atoms with E-state index in [1.165, 1.54) is 45.6 Å². The van der Waals surface area contributed by atoms with Crippen LogP contribution in [0.4, 0.5) is 5.82 Å². The van der Waals surface area contributed by atoms with Gasteiger partial charge in [-0.15, -0.1) is 0 Å². The van der Waals surface area contributed by atoms with Gasteiger partial charge in [0.15, 0.2) is 5.82 Å². The second-order valence-corrected chi connectivity index (χ2v) is 7.55. The predicted octanol–water partition coefficient (Wildman–Crippen LogP) is 1.80. The van der Waals surface area contributed by atoms with Gasteiger partial charge in [-0.25, -0.2) is 15.0 Å². The van der Waals surface area contributed by atoms with Crippen molar-refractivity contribution in [3.8, 4) is 0 Å². The van der Waals surface area contributed by atoms with E-state index in [4.69, 9.17) is 4.98 Å². The highest BCUT2D eigenvalue weighted by atomic mass is 15.3. The molecule has 0 spiro atoms. The molecule has 2 saturated heterocycles. The molecule has 0 aliphatic carbocycles. The van der Waals surface area contributed by atoms with E-state index in [1.54, 1.807) is 6.33 Å². The van der Waals surface area contributed by atoms with Crippen LogP contribution in [0.15, 0.2) is 18.5 Å². The molecule has 2 aliphatic heterocycles. The Hall–Kier alpha value is -1.79. The number of pyridine rings is 1. The van der Waals surface area contributed by atoms with Crippen molar-refractivity contribution >= 4 is 16.9 Å². The molecule has 0 amide bonds. The van der Waals surface area contributed by atoms with Gasteiger partial charge in [-0.3, -0.25) is 0 Å². The molecule has 0 unspecified atom stereocenters. The fraction of sp³-hybridized carbons (Fsp3) is 0.632. The summed E-state index contributed by atoms with van der Waals surface area (Å²) in [4.78, 5) is 21.1. The van der Waals surface area contributed by atoms with E-state index in [0.29, 0.717) is 0 Å². The van der Waals surface area contributed by atoms with E-state index in [0.717, 1.165) is 41.6 Å². The molecular formula is C19H28N6. The molecule has 2 aromatic heterocycles. The number of anilines is 1. The van der Waals surface area contributed by atoms with Gasteiger partial charge in [-0.1, -0.05) is 0 Å². The molecule has 6 heteroatoms. The molecule has 2 aliphatic rings. The lowest BCUT2D eigenvalue weighted by atomic mass is 9.96. The van der Waals surface area contributed by atoms with Gasteiger partial charge in [0, 0.05) is 51.5 Å². The van der Waals surface area contributed by atoms with E-state index in [2.05, 4.69) is 31.7 Å². The third-order valence-electron chi connectivity index (χ3n) is 5.63. The van der Waals surface area contributed by atoms with Gasteiger partial charge in [0.25, 0.3) is 0 Å². The first kappa shape index (κ1) is 16.7. The molecule has 134 valence electrons. The van der Waals surface area contributed by atoms with Crippen LogP contribution in [0.25, 0.3) is 11.0 Å². The largest absolute Gasteiger partial charge is 0.355 e. The molecule has 4 heterocycles. The van der Waals surface area contributed by atoms with Crippen molar-refractivity contribution in [2.45, 2.75) is 19.8 Å². The summed E-state index contributed by atoms with van der Waals surface area (Å²) in [7, 11) is 2.22. The maximum Gasteiger partial charge on any atom is 0.158 e. The Morgan fingerprint density at radius 2 is 1.76 bits per heavy atom. The number of hydrogen-bond donors (Lipinski definition) is 0. The second kappa shape index (κ2) is 7.22. The lowest BCUT2D eigenvalue weighted by molar-refractivity contribution is 0.129. The summed E-state index contributed by atoms with van der Waals surface area (Å²) in [5.74, 6) is 1.81. The average Bonchev–Trinajstić information content (AvgIpc) is 2.64. The highest BCUT2D eigenvalue weighted by molar-refractivity contribution is 5.85. The molecule has 0 aromatic carbocycles. The molecule has 0 N–H and O–H groups in total. The normalized spacial score (nSPS) is 21.1. The summed E-state index contributed by atoms with van der Waals surface area (Å²) >= 11 is 0. The molecule has 2 aromatic rings. The SMILES string of the molecule is Cc1ccc2ncnc(N3CCC(CN4CCN(C)CC4)CC3)c2n1. The summed E-state index contributed by atoms with van der Waals surface area (Å²) in [5, 5.41) is 0. The highest BCUT2D eigenvalue weighted by Crippen LogP contribution is 2.27. The Bertz CT molecular complexity index is 717. The van der Waals surface area contributed by atoms with E-state index in [-0.39, 0.29) is 0 Å². The number of aromatic nitrogens is 3. The first-order chi connectivity index (χ1) is 12.2. The lowest BCUT2D eigenvalue weighted by Gasteiger charge is -2.38. The second-order valence-electron chi connectivity index (χ2n) is 7.55. The average molecular weight is 340 g/mol. The number of likely N-dealkylation sites (N-methyl/N-ethyl adjacent to an activating group) is 1. The lowest BCUT2D eigenvalue weighted by Crippen LogP contribution is -2.47. The van der Waals surface area contributed by atoms with Crippen molar-refractivity contribution < 1.29 is 0 Å². The molecular weight excluding hydrogens is 312 g/mol. The summed E-state index contributed by atoms with van der Waals surface area (Å²) < 4.78 is 0. The van der Waals surface area contributed by atoms with Gasteiger partial charge >= 0.3 is 0 Å². The minimum absolute atomic E-state index is 0.808. The Morgan fingerprint density at radius 1 is 1.00 bits per heavy atom. The van der Waals surface area contributed by atoms with Crippen LogP contribution in [0.2, 0.25) is 0 Å². The maximum atomic E-state index is 4.69. The predicted molar refractivity (Wildman–Crippen MR) is 101 cm³/mol. The van der Waals surface area contributed by atoms with Crippen molar-refractivity contribution in [2.75, 3.05) is 57.8 Å². The summed E-state index contributed by atoms with van der Waals surface area (Å²) in [5.41, 5.74) is 2.91. The van der Waals surface area contributed by atoms with Crippen LogP contribution < -0.4 is 4.90 Å². The van der Waals surface area contributed by atoms with Crippen LogP contribution in [0.3, 0.4) is 0 Å². The zero-order valence-corrected chi connectivity index (χ0v) is 15.4. The first-order valence-electron chi connectivity index (χ1n) is 9.43. The van der Waals surface area contributed by atoms with Gasteiger partial charge in [0.2, 0.25) is 0 Å². The zero-order valence-electron chi connectivity index (χ0n) is 15.4. The van der Waals surface area contributed by atoms with E-state index >= 15 is 0 Å². The van der Waals surface area contributed by atoms with Crippen LogP contribution in [0.5, 0.6) is 0 Å². The van der Waals surface area contributed by atoms with Gasteiger partial charge < -0.3 is 14.7 Å². The molecule has 2 fully saturated rings. The zero-order chi connectivity index (χ0) is 17.2. The standard InChI is InChI=1S/C19H28N6/c1-15-3-4-17-18(22-15)19(21-14-20-17)25-7-5-16(6-8-25)13-24-11-9-23(2)10-12-24/h3-4,14,16H,5-13H2,1-2H3. The number of aryl methyl sites for hydroxylation is 1. The van der Waals surface area contributed by atoms with E-state index < -0.39 is 0 Å². The van der Waals surface area contributed by atoms with Crippen molar-refractivity contribution in [3.05, 3.63) is 24.2 Å². The molecule has 0 radical (unpaired) electrons. The van der Waals surface area contributed by atoms with Gasteiger partial charge in [0.05, 0.1) is 5.52 Å². The van der Waals surface area contributed by atoms with Crippen molar-refractivity contribution in [2.24, 2.45) is 5.92 Å². The Balaban J connectivity index is 1.40. The van der Waals surface area contributed by atoms with Crippen molar-refractivity contribution in [3.63, 3.8) is 0 Å². The number of piperidine rings is 1. The van der Waals surface area contributed by atoms with Gasteiger partial charge in [-0.2, -0.15) is 0 Å². The fourth-order valence-corrected chi connectivity index (χ4v) is 3.98. The van der Waals surface area contributed by atoms with Crippen molar-refractivity contribution in [1.82, 2.24) is 24.8 Å². The molecule has 6 nitrogen and oxygen atoms in total. The first-order valence-corrected chi connectivity index (χ1v) is 9.43. The summed E-state index contributed by atoms with van der Waals surface area (Å²) in [6.07, 6.45) is 4.15. The summed E-state index contributed by atoms with van der Waals surface area (Å²) in [6, 6.07) is 4.06. The topological polar surface area (TPSA) is 48.4 Å². The molecule has 25 heavy (non-hydrogen) atoms. The number of nitrogens with zero attached hydrogens (tertiary/aromatic N) is 6. The van der Waals surface area contributed by atoms with Crippen LogP contribution >= 0.6 is 0 Å². The third-order valence-corrected chi connectivity index (χ3v) is 5.63. The Morgan fingerprint density at radius 3 is 2.52 bits per heavy atom. The van der Waals surface area contributed by atoms with Gasteiger partial charge in [-0.05, 0) is 44.9 Å². The number of hydrogen-bond acceptors (Lipinski definition) is 6. The fourth-order valence-electron chi connectivity index (χ4n) is 3.98. The Kier molecular flexibility index (Phi) is 4.81. The van der Waals surface area contributed by atoms with Crippen LogP contribution in [-0.4, -0.2) is 77.6 Å². The molecule has 0 atom stereocenters. The van der Waals surface area contributed by atoms with Crippen LogP contribution in [-0.2, 0) is 0 Å². The van der Waals surface area contributed by atoms with Crippen LogP contribution in [0, 0.1) is 12.8 Å². The maximum absolute atomic E-state index is 4.69. The quantitative estimate of drug-likeness (QED) is 0.849. The van der Waals surface area contributed by atoms with Crippen LogP contribution in [0.1, 0.15) is 18.5 Å². The van der Waals surface area contributed by atoms with E-state index in [9.17, 15) is 0 Å². The Labute approximate surface area is 149 Å². The highest BCUT2D eigenvalue weighted by Gasteiger charge is 2.25. The molecule has 4 rings (SSSR count). The molecule has 0 saturated carbocycles. The third kappa shape index (κ3) is 3.75. The molecule has 0 bridgehead atoms. The number of fused-ring (bicyclic) bond motifs is 1. The van der Waals surface area contributed by atoms with Crippen molar-refractivity contribution in [1.29, 1.82) is 0 Å². The van der Waals surface area contributed by atoms with E-state index in [1.807, 2.05) is 19.1 Å². The van der Waals surface area contributed by atoms with Gasteiger partial charge in [0.1, 0.15) is 11.8 Å². The number of rotatable bonds is 3. The minimum Gasteiger partial charge on any atom is -0.355 e. The number of piperazine rings is 1.